The maximum Gasteiger partial charge on any atom is 0.264 e. The van der Waals surface area contributed by atoms with Gasteiger partial charge in [-0.2, -0.15) is 0 Å². The number of sulfonamides is 1. The maximum atomic E-state index is 13.4. The van der Waals surface area contributed by atoms with E-state index in [0.717, 1.165) is 12.1 Å². The lowest BCUT2D eigenvalue weighted by atomic mass is 10.1. The molecule has 34 heavy (non-hydrogen) atoms. The SMILES string of the molecule is C=CCN(c1ccccc1Cl)S(=O)(=O)c1cccc(C(=O)NCc2ccc(CN(C)C)cc2)c1. The van der Waals surface area contributed by atoms with Crippen molar-refractivity contribution in [1.29, 1.82) is 0 Å². The Labute approximate surface area is 206 Å². The first-order valence-electron chi connectivity index (χ1n) is 10.7. The van der Waals surface area contributed by atoms with Gasteiger partial charge in [0.15, 0.2) is 0 Å². The van der Waals surface area contributed by atoms with Gasteiger partial charge in [-0.25, -0.2) is 8.42 Å². The summed E-state index contributed by atoms with van der Waals surface area (Å²) in [7, 11) is 0.0319. The molecule has 0 fully saturated rings. The van der Waals surface area contributed by atoms with Crippen molar-refractivity contribution in [3.05, 3.63) is 107 Å². The Hall–Kier alpha value is -3.13. The third-order valence-electron chi connectivity index (χ3n) is 5.08. The van der Waals surface area contributed by atoms with Gasteiger partial charge in [0.2, 0.25) is 0 Å². The van der Waals surface area contributed by atoms with Gasteiger partial charge in [0.25, 0.3) is 15.9 Å². The highest BCUT2D eigenvalue weighted by Gasteiger charge is 2.26. The Bertz CT molecular complexity index is 1260. The third-order valence-corrected chi connectivity index (χ3v) is 7.17. The monoisotopic (exact) mass is 497 g/mol. The Balaban J connectivity index is 1.78. The van der Waals surface area contributed by atoms with Gasteiger partial charge in [-0.1, -0.05) is 60.1 Å². The molecule has 0 heterocycles. The molecule has 3 rings (SSSR count). The van der Waals surface area contributed by atoms with Gasteiger partial charge < -0.3 is 10.2 Å². The number of nitrogens with one attached hydrogen (secondary N) is 1. The van der Waals surface area contributed by atoms with Gasteiger partial charge in [-0.05, 0) is 55.6 Å². The van der Waals surface area contributed by atoms with Crippen LogP contribution in [0.2, 0.25) is 5.02 Å². The molecule has 3 aromatic rings. The number of amides is 1. The first-order chi connectivity index (χ1) is 16.2. The first-order valence-corrected chi connectivity index (χ1v) is 12.5. The summed E-state index contributed by atoms with van der Waals surface area (Å²) >= 11 is 6.26. The van der Waals surface area contributed by atoms with Gasteiger partial charge in [0.05, 0.1) is 22.2 Å². The molecular weight excluding hydrogens is 470 g/mol. The molecule has 3 aromatic carbocycles. The van der Waals surface area contributed by atoms with Crippen LogP contribution in [0, 0.1) is 0 Å². The first kappa shape index (κ1) is 25.5. The van der Waals surface area contributed by atoms with Crippen molar-refractivity contribution < 1.29 is 13.2 Å². The third kappa shape index (κ3) is 6.26. The second kappa shape index (κ2) is 11.3. The van der Waals surface area contributed by atoms with E-state index >= 15 is 0 Å². The molecule has 0 spiro atoms. The van der Waals surface area contributed by atoms with E-state index in [-0.39, 0.29) is 22.9 Å². The number of hydrogen-bond acceptors (Lipinski definition) is 4. The van der Waals surface area contributed by atoms with E-state index in [4.69, 9.17) is 11.6 Å². The lowest BCUT2D eigenvalue weighted by Crippen LogP contribution is -2.31. The molecule has 178 valence electrons. The van der Waals surface area contributed by atoms with Crippen molar-refractivity contribution in [2.75, 3.05) is 24.9 Å². The van der Waals surface area contributed by atoms with Crippen LogP contribution in [0.4, 0.5) is 5.69 Å². The Morgan fingerprint density at radius 2 is 1.68 bits per heavy atom. The molecule has 8 heteroatoms. The average molecular weight is 498 g/mol. The number of hydrogen-bond donors (Lipinski definition) is 1. The molecular formula is C26H28ClN3O3S. The molecule has 1 amide bonds. The molecule has 0 unspecified atom stereocenters. The predicted octanol–water partition coefficient (Wildman–Crippen LogP) is 4.71. The minimum Gasteiger partial charge on any atom is -0.348 e. The molecule has 0 aromatic heterocycles. The molecule has 1 N–H and O–H groups in total. The summed E-state index contributed by atoms with van der Waals surface area (Å²) in [6.07, 6.45) is 1.49. The molecule has 6 nitrogen and oxygen atoms in total. The molecule has 0 saturated carbocycles. The lowest BCUT2D eigenvalue weighted by molar-refractivity contribution is 0.0950. The summed E-state index contributed by atoms with van der Waals surface area (Å²) in [5, 5.41) is 3.16. The number of carbonyl (C=O) groups is 1. The van der Waals surface area contributed by atoms with Crippen molar-refractivity contribution >= 4 is 33.2 Å². The maximum absolute atomic E-state index is 13.4. The highest BCUT2D eigenvalue weighted by Crippen LogP contribution is 2.30. The molecule has 0 aliphatic carbocycles. The number of halogens is 1. The average Bonchev–Trinajstić information content (AvgIpc) is 2.82. The summed E-state index contributed by atoms with van der Waals surface area (Å²) in [6, 6.07) is 20.7. The number of anilines is 1. The fraction of sp³-hybridized carbons (Fsp3) is 0.192. The molecule has 0 bridgehead atoms. The van der Waals surface area contributed by atoms with Crippen LogP contribution in [0.1, 0.15) is 21.5 Å². The van der Waals surface area contributed by atoms with Crippen LogP contribution < -0.4 is 9.62 Å². The molecule has 0 radical (unpaired) electrons. The van der Waals surface area contributed by atoms with Crippen LogP contribution in [0.25, 0.3) is 0 Å². The van der Waals surface area contributed by atoms with E-state index < -0.39 is 10.0 Å². The van der Waals surface area contributed by atoms with Gasteiger partial charge in [0, 0.05) is 18.7 Å². The van der Waals surface area contributed by atoms with Crippen LogP contribution in [0.5, 0.6) is 0 Å². The zero-order valence-electron chi connectivity index (χ0n) is 19.2. The van der Waals surface area contributed by atoms with Gasteiger partial charge in [-0.3, -0.25) is 9.10 Å². The zero-order chi connectivity index (χ0) is 24.7. The number of benzene rings is 3. The summed E-state index contributed by atoms with van der Waals surface area (Å²) in [5.41, 5.74) is 2.73. The van der Waals surface area contributed by atoms with Gasteiger partial charge >= 0.3 is 0 Å². The number of nitrogens with zero attached hydrogens (tertiary/aromatic N) is 2. The minimum absolute atomic E-state index is 0.00467. The zero-order valence-corrected chi connectivity index (χ0v) is 20.8. The van der Waals surface area contributed by atoms with E-state index in [9.17, 15) is 13.2 Å². The fourth-order valence-corrected chi connectivity index (χ4v) is 5.22. The molecule has 0 aliphatic rings. The molecule has 0 saturated heterocycles. The number of carbonyl (C=O) groups excluding carboxylic acids is 1. The predicted molar refractivity (Wildman–Crippen MR) is 138 cm³/mol. The van der Waals surface area contributed by atoms with E-state index in [2.05, 4.69) is 16.8 Å². The standard InChI is InChI=1S/C26H28ClN3O3S/c1-4-16-30(25-11-6-5-10-24(25)27)34(32,33)23-9-7-8-22(17-23)26(31)28-18-20-12-14-21(15-13-20)19-29(2)3/h4-15,17H,1,16,18-19H2,2-3H3,(H,28,31). The molecule has 0 aliphatic heterocycles. The highest BCUT2D eigenvalue weighted by atomic mass is 35.5. The normalized spacial score (nSPS) is 11.3. The van der Waals surface area contributed by atoms with Crippen molar-refractivity contribution in [2.24, 2.45) is 0 Å². The summed E-state index contributed by atoms with van der Waals surface area (Å²) in [5.74, 6) is -0.359. The van der Waals surface area contributed by atoms with Gasteiger partial charge in [-0.15, -0.1) is 6.58 Å². The Morgan fingerprint density at radius 1 is 1.00 bits per heavy atom. The fourth-order valence-electron chi connectivity index (χ4n) is 3.43. The quantitative estimate of drug-likeness (QED) is 0.412. The van der Waals surface area contributed by atoms with E-state index in [1.807, 2.05) is 38.4 Å². The van der Waals surface area contributed by atoms with Crippen molar-refractivity contribution in [2.45, 2.75) is 18.0 Å². The Kier molecular flexibility index (Phi) is 8.50. The van der Waals surface area contributed by atoms with E-state index in [1.54, 1.807) is 36.4 Å². The van der Waals surface area contributed by atoms with E-state index in [1.165, 1.54) is 28.1 Å². The highest BCUT2D eigenvalue weighted by molar-refractivity contribution is 7.92. The molecule has 0 atom stereocenters. The second-order valence-electron chi connectivity index (χ2n) is 8.04. The van der Waals surface area contributed by atoms with Crippen LogP contribution in [-0.2, 0) is 23.1 Å². The van der Waals surface area contributed by atoms with Crippen LogP contribution in [0.3, 0.4) is 0 Å². The van der Waals surface area contributed by atoms with E-state index in [0.29, 0.717) is 17.3 Å². The summed E-state index contributed by atoms with van der Waals surface area (Å²) in [4.78, 5) is 14.8. The van der Waals surface area contributed by atoms with Crippen molar-refractivity contribution in [1.82, 2.24) is 10.2 Å². The smallest absolute Gasteiger partial charge is 0.264 e. The van der Waals surface area contributed by atoms with Gasteiger partial charge in [0.1, 0.15) is 0 Å². The number of para-hydroxylation sites is 1. The minimum atomic E-state index is -3.98. The summed E-state index contributed by atoms with van der Waals surface area (Å²) in [6.45, 7) is 4.87. The van der Waals surface area contributed by atoms with Crippen LogP contribution in [0.15, 0.2) is 90.3 Å². The summed E-state index contributed by atoms with van der Waals surface area (Å²) < 4.78 is 28.0. The topological polar surface area (TPSA) is 69.7 Å². The van der Waals surface area contributed by atoms with Crippen LogP contribution in [-0.4, -0.2) is 39.9 Å². The largest absolute Gasteiger partial charge is 0.348 e. The van der Waals surface area contributed by atoms with Crippen LogP contribution >= 0.6 is 11.6 Å². The second-order valence-corrected chi connectivity index (χ2v) is 10.3. The van der Waals surface area contributed by atoms with Crippen molar-refractivity contribution in [3.8, 4) is 0 Å². The Morgan fingerprint density at radius 3 is 2.32 bits per heavy atom. The van der Waals surface area contributed by atoms with Crippen molar-refractivity contribution in [3.63, 3.8) is 0 Å². The lowest BCUT2D eigenvalue weighted by Gasteiger charge is -2.24. The number of rotatable bonds is 10.